The van der Waals surface area contributed by atoms with Crippen molar-refractivity contribution in [1.29, 1.82) is 0 Å². The molecule has 0 radical (unpaired) electrons. The molecule has 1 heterocycles. The van der Waals surface area contributed by atoms with Gasteiger partial charge in [-0.15, -0.1) is 0 Å². The number of hydrogen-bond acceptors (Lipinski definition) is 5. The van der Waals surface area contributed by atoms with E-state index in [9.17, 15) is 24.9 Å². The Hall–Kier alpha value is -1.14. The van der Waals surface area contributed by atoms with E-state index in [1.165, 1.54) is 0 Å². The Morgan fingerprint density at radius 3 is 2.76 bits per heavy atom. The lowest BCUT2D eigenvalue weighted by Gasteiger charge is -2.43. The van der Waals surface area contributed by atoms with Gasteiger partial charge >= 0.3 is 11.9 Å². The normalized spacial score (nSPS) is 58.6. The van der Waals surface area contributed by atoms with E-state index in [1.807, 2.05) is 6.92 Å². The highest BCUT2D eigenvalue weighted by molar-refractivity contribution is 5.84. The first kappa shape index (κ1) is 16.1. The number of carbonyl (C=O) groups is 2. The Morgan fingerprint density at radius 1 is 1.32 bits per heavy atom. The summed E-state index contributed by atoms with van der Waals surface area (Å²) in [5, 5.41) is 31.0. The van der Waals surface area contributed by atoms with Gasteiger partial charge in [0.15, 0.2) is 0 Å². The van der Waals surface area contributed by atoms with Crippen LogP contribution in [-0.2, 0) is 14.3 Å². The Labute approximate surface area is 146 Å². The summed E-state index contributed by atoms with van der Waals surface area (Å²) in [6.07, 6.45) is 4.77. The highest BCUT2D eigenvalue weighted by Crippen LogP contribution is 2.78. The average Bonchev–Trinajstić information content (AvgIpc) is 2.98. The lowest BCUT2D eigenvalue weighted by Crippen LogP contribution is -2.47. The van der Waals surface area contributed by atoms with E-state index in [0.717, 1.165) is 25.7 Å². The molecule has 25 heavy (non-hydrogen) atoms. The average molecular weight is 350 g/mol. The number of aliphatic carboxylic acids is 1. The van der Waals surface area contributed by atoms with E-state index in [1.54, 1.807) is 0 Å². The van der Waals surface area contributed by atoms with Crippen molar-refractivity contribution in [3.05, 3.63) is 0 Å². The third-order valence-electron chi connectivity index (χ3n) is 8.83. The molecule has 6 nitrogen and oxygen atoms in total. The van der Waals surface area contributed by atoms with Gasteiger partial charge in [-0.2, -0.15) is 0 Å². The fraction of sp³-hybridized carbons (Fsp3) is 0.895. The molecule has 6 heteroatoms. The number of fused-ring (bicyclic) bond motifs is 1. The largest absolute Gasteiger partial charge is 0.481 e. The van der Waals surface area contributed by atoms with Gasteiger partial charge in [-0.25, -0.2) is 0 Å². The summed E-state index contributed by atoms with van der Waals surface area (Å²) in [6, 6.07) is 0. The van der Waals surface area contributed by atoms with E-state index in [0.29, 0.717) is 19.3 Å². The minimum Gasteiger partial charge on any atom is -0.481 e. The minimum absolute atomic E-state index is 0.0194. The lowest BCUT2D eigenvalue weighted by molar-refractivity contribution is -0.160. The maximum atomic E-state index is 12.7. The highest BCUT2D eigenvalue weighted by atomic mass is 16.6. The van der Waals surface area contributed by atoms with Crippen LogP contribution in [0.4, 0.5) is 0 Å². The van der Waals surface area contributed by atoms with Crippen molar-refractivity contribution in [1.82, 2.24) is 0 Å². The molecule has 5 fully saturated rings. The van der Waals surface area contributed by atoms with E-state index < -0.39 is 33.9 Å². The van der Waals surface area contributed by atoms with Gasteiger partial charge in [-0.1, -0.05) is 0 Å². The molecule has 1 saturated heterocycles. The van der Waals surface area contributed by atoms with Crippen LogP contribution in [0.2, 0.25) is 0 Å². The molecule has 8 atom stereocenters. The van der Waals surface area contributed by atoms with Crippen LogP contribution >= 0.6 is 0 Å². The number of esters is 1. The first-order valence-corrected chi connectivity index (χ1v) is 9.53. The van der Waals surface area contributed by atoms with E-state index >= 15 is 0 Å². The minimum atomic E-state index is -1.20. The van der Waals surface area contributed by atoms with Crippen molar-refractivity contribution in [3.63, 3.8) is 0 Å². The maximum Gasteiger partial charge on any atom is 0.312 e. The molecular weight excluding hydrogens is 324 g/mol. The molecule has 1 spiro atoms. The van der Waals surface area contributed by atoms with Gasteiger partial charge in [0.05, 0.1) is 23.5 Å². The van der Waals surface area contributed by atoms with Gasteiger partial charge < -0.3 is 20.1 Å². The quantitative estimate of drug-likeness (QED) is 0.649. The standard InChI is InChI=1S/C19H26O6/c1-16-5-2-6-19(25-15(16)23)11-4-3-10-7-17(11,8-18(10,24)9-20)12(13(16)19)14(21)22/h10-13,20,24H,2-9H2,1H3,(H,21,22). The molecule has 3 N–H and O–H groups in total. The second-order valence-corrected chi connectivity index (χ2v) is 9.61. The second kappa shape index (κ2) is 4.39. The summed E-state index contributed by atoms with van der Waals surface area (Å²) in [5.41, 5.74) is -3.18. The van der Waals surface area contributed by atoms with Crippen LogP contribution < -0.4 is 0 Å². The molecule has 138 valence electrons. The van der Waals surface area contributed by atoms with Crippen molar-refractivity contribution < 1.29 is 29.6 Å². The number of aliphatic hydroxyl groups is 2. The van der Waals surface area contributed by atoms with Gasteiger partial charge in [0.1, 0.15) is 5.60 Å². The first-order valence-electron chi connectivity index (χ1n) is 9.53. The molecule has 4 saturated carbocycles. The van der Waals surface area contributed by atoms with Crippen LogP contribution in [0.5, 0.6) is 0 Å². The Morgan fingerprint density at radius 2 is 2.08 bits per heavy atom. The molecular formula is C19H26O6. The highest BCUT2D eigenvalue weighted by Gasteiger charge is 2.83. The second-order valence-electron chi connectivity index (χ2n) is 9.61. The molecule has 1 aliphatic heterocycles. The number of rotatable bonds is 2. The van der Waals surface area contributed by atoms with Crippen molar-refractivity contribution in [2.45, 2.75) is 63.1 Å². The molecule has 0 aromatic carbocycles. The van der Waals surface area contributed by atoms with Crippen molar-refractivity contribution >= 4 is 11.9 Å². The zero-order valence-electron chi connectivity index (χ0n) is 14.5. The van der Waals surface area contributed by atoms with E-state index in [-0.39, 0.29) is 30.3 Å². The molecule has 4 bridgehead atoms. The van der Waals surface area contributed by atoms with Crippen molar-refractivity contribution in [3.8, 4) is 0 Å². The number of carbonyl (C=O) groups excluding carboxylic acids is 1. The summed E-state index contributed by atoms with van der Waals surface area (Å²) >= 11 is 0. The summed E-state index contributed by atoms with van der Waals surface area (Å²) in [7, 11) is 0. The van der Waals surface area contributed by atoms with Crippen LogP contribution in [-0.4, -0.2) is 45.1 Å². The topological polar surface area (TPSA) is 104 Å². The molecule has 5 aliphatic rings. The summed E-state index contributed by atoms with van der Waals surface area (Å²) in [6.45, 7) is 1.56. The third-order valence-corrected chi connectivity index (χ3v) is 8.83. The zero-order valence-corrected chi connectivity index (χ0v) is 14.5. The van der Waals surface area contributed by atoms with Gasteiger partial charge in [0.25, 0.3) is 0 Å². The van der Waals surface area contributed by atoms with E-state index in [2.05, 4.69) is 0 Å². The predicted molar refractivity (Wildman–Crippen MR) is 85.3 cm³/mol. The summed E-state index contributed by atoms with van der Waals surface area (Å²) in [5.74, 6) is -2.18. The molecule has 4 aliphatic carbocycles. The Bertz CT molecular complexity index is 677. The van der Waals surface area contributed by atoms with Crippen LogP contribution in [0.25, 0.3) is 0 Å². The Balaban J connectivity index is 1.72. The van der Waals surface area contributed by atoms with Crippen LogP contribution in [0.15, 0.2) is 0 Å². The molecule has 8 unspecified atom stereocenters. The molecule has 5 rings (SSSR count). The van der Waals surface area contributed by atoms with Crippen molar-refractivity contribution in [2.24, 2.45) is 34.5 Å². The molecule has 0 aromatic rings. The third kappa shape index (κ3) is 1.52. The SMILES string of the molecule is CC12CCCC3(OC1=O)C2C(C(=O)O)C12CC(CCC13)C(O)(CO)C2. The zero-order chi connectivity index (χ0) is 17.8. The number of hydrogen-bond donors (Lipinski definition) is 3. The lowest BCUT2D eigenvalue weighted by atomic mass is 9.60. The Kier molecular flexibility index (Phi) is 2.82. The van der Waals surface area contributed by atoms with Crippen LogP contribution in [0, 0.1) is 34.5 Å². The smallest absolute Gasteiger partial charge is 0.312 e. The number of ether oxygens (including phenoxy) is 1. The summed E-state index contributed by atoms with van der Waals surface area (Å²) < 4.78 is 6.05. The first-order chi connectivity index (χ1) is 11.7. The summed E-state index contributed by atoms with van der Waals surface area (Å²) in [4.78, 5) is 25.2. The van der Waals surface area contributed by atoms with Crippen LogP contribution in [0.3, 0.4) is 0 Å². The molecule has 0 amide bonds. The van der Waals surface area contributed by atoms with Gasteiger partial charge in [0.2, 0.25) is 0 Å². The van der Waals surface area contributed by atoms with Crippen molar-refractivity contribution in [2.75, 3.05) is 6.61 Å². The van der Waals surface area contributed by atoms with Gasteiger partial charge in [-0.05, 0) is 63.2 Å². The monoisotopic (exact) mass is 350 g/mol. The predicted octanol–water partition coefficient (Wildman–Crippen LogP) is 1.33. The number of carboxylic acids is 1. The van der Waals surface area contributed by atoms with E-state index in [4.69, 9.17) is 4.74 Å². The van der Waals surface area contributed by atoms with Crippen LogP contribution in [0.1, 0.15) is 51.9 Å². The number of aliphatic hydroxyl groups excluding tert-OH is 1. The van der Waals surface area contributed by atoms with Gasteiger partial charge in [-0.3, -0.25) is 9.59 Å². The fourth-order valence-electron chi connectivity index (χ4n) is 8.14. The maximum absolute atomic E-state index is 12.7. The number of carboxylic acid groups (broad SMARTS) is 1. The van der Waals surface area contributed by atoms with Gasteiger partial charge in [0, 0.05) is 11.8 Å². The molecule has 0 aromatic heterocycles. The fourth-order valence-corrected chi connectivity index (χ4v) is 8.14.